The molecule has 3 rings (SSSR count). The van der Waals surface area contributed by atoms with E-state index in [-0.39, 0.29) is 0 Å². The topological polar surface area (TPSA) is 69.6 Å². The van der Waals surface area contributed by atoms with Crippen molar-refractivity contribution in [3.63, 3.8) is 0 Å². The minimum Gasteiger partial charge on any atom is -0.383 e. The Labute approximate surface area is 110 Å². The van der Waals surface area contributed by atoms with Crippen LogP contribution in [-0.4, -0.2) is 20.0 Å². The number of anilines is 1. The van der Waals surface area contributed by atoms with Crippen LogP contribution in [0.5, 0.6) is 0 Å². The highest BCUT2D eigenvalue weighted by atomic mass is 15.4. The molecule has 0 aliphatic carbocycles. The molecule has 2 aromatic heterocycles. The van der Waals surface area contributed by atoms with Crippen molar-refractivity contribution in [1.29, 1.82) is 0 Å². The Balaban J connectivity index is 2.22. The van der Waals surface area contributed by atoms with Crippen molar-refractivity contribution in [2.45, 2.75) is 6.92 Å². The van der Waals surface area contributed by atoms with Gasteiger partial charge < -0.3 is 5.73 Å². The number of allylic oxidation sites excluding steroid dienone is 1. The van der Waals surface area contributed by atoms with E-state index in [9.17, 15) is 0 Å². The van der Waals surface area contributed by atoms with Gasteiger partial charge >= 0.3 is 0 Å². The molecule has 2 heterocycles. The maximum absolute atomic E-state index is 5.84. The third kappa shape index (κ3) is 1.85. The maximum atomic E-state index is 5.84. The van der Waals surface area contributed by atoms with E-state index in [4.69, 9.17) is 5.73 Å². The van der Waals surface area contributed by atoms with Gasteiger partial charge in [0.05, 0.1) is 17.4 Å². The fourth-order valence-electron chi connectivity index (χ4n) is 1.98. The molecule has 19 heavy (non-hydrogen) atoms. The first-order chi connectivity index (χ1) is 9.16. The average molecular weight is 251 g/mol. The summed E-state index contributed by atoms with van der Waals surface area (Å²) in [6.45, 7) is 5.81. The molecule has 0 atom stereocenters. The van der Waals surface area contributed by atoms with E-state index >= 15 is 0 Å². The predicted molar refractivity (Wildman–Crippen MR) is 75.8 cm³/mol. The quantitative estimate of drug-likeness (QED) is 0.759. The number of nitrogens with two attached hydrogens (primary N) is 1. The summed E-state index contributed by atoms with van der Waals surface area (Å²) < 4.78 is 1.74. The van der Waals surface area contributed by atoms with Crippen LogP contribution in [0.25, 0.3) is 22.3 Å². The van der Waals surface area contributed by atoms with E-state index < -0.39 is 0 Å². The molecule has 0 unspecified atom stereocenters. The van der Waals surface area contributed by atoms with Crippen LogP contribution in [0.3, 0.4) is 0 Å². The molecule has 0 saturated carbocycles. The van der Waals surface area contributed by atoms with Gasteiger partial charge in [-0.25, -0.2) is 9.67 Å². The lowest BCUT2D eigenvalue weighted by Gasteiger charge is -2.07. The van der Waals surface area contributed by atoms with Gasteiger partial charge in [-0.3, -0.25) is 0 Å². The smallest absolute Gasteiger partial charge is 0.131 e. The first kappa shape index (κ1) is 11.4. The molecule has 0 aliphatic heterocycles. The minimum atomic E-state index is 0.473. The van der Waals surface area contributed by atoms with E-state index in [1.54, 1.807) is 10.9 Å². The Hall–Kier alpha value is -2.69. The number of nitrogens with zero attached hydrogens (tertiary/aromatic N) is 4. The van der Waals surface area contributed by atoms with Crippen LogP contribution >= 0.6 is 0 Å². The summed E-state index contributed by atoms with van der Waals surface area (Å²) >= 11 is 0. The van der Waals surface area contributed by atoms with Crippen LogP contribution in [0.2, 0.25) is 0 Å². The highest BCUT2D eigenvalue weighted by Crippen LogP contribution is 2.22. The summed E-state index contributed by atoms with van der Waals surface area (Å²) in [4.78, 5) is 4.19. The summed E-state index contributed by atoms with van der Waals surface area (Å²) in [6, 6.07) is 9.69. The zero-order valence-corrected chi connectivity index (χ0v) is 10.5. The fraction of sp³-hybridized carbons (Fsp3) is 0.0714. The molecule has 5 nitrogen and oxygen atoms in total. The first-order valence-corrected chi connectivity index (χ1v) is 5.89. The average Bonchev–Trinajstić information content (AvgIpc) is 2.83. The number of fused-ring (bicyclic) bond motifs is 1. The van der Waals surface area contributed by atoms with Crippen LogP contribution in [0.4, 0.5) is 5.82 Å². The van der Waals surface area contributed by atoms with Gasteiger partial charge in [0.2, 0.25) is 0 Å². The molecule has 0 radical (unpaired) electrons. The summed E-state index contributed by atoms with van der Waals surface area (Å²) in [5, 5.41) is 8.28. The van der Waals surface area contributed by atoms with Crippen LogP contribution < -0.4 is 5.73 Å². The molecule has 0 bridgehead atoms. The predicted octanol–water partition coefficient (Wildman–Crippen LogP) is 2.43. The van der Waals surface area contributed by atoms with Crippen molar-refractivity contribution in [1.82, 2.24) is 20.0 Å². The summed E-state index contributed by atoms with van der Waals surface area (Å²) in [5.41, 5.74) is 10.1. The highest BCUT2D eigenvalue weighted by Gasteiger charge is 2.09. The Morgan fingerprint density at radius 1 is 1.32 bits per heavy atom. The molecular formula is C14H13N5. The first-order valence-electron chi connectivity index (χ1n) is 5.89. The number of nitrogen functional groups attached to an aromatic ring is 1. The Morgan fingerprint density at radius 3 is 2.89 bits per heavy atom. The van der Waals surface area contributed by atoms with Gasteiger partial charge in [-0.2, -0.15) is 0 Å². The summed E-state index contributed by atoms with van der Waals surface area (Å²) in [7, 11) is 0. The fourth-order valence-corrected chi connectivity index (χ4v) is 1.98. The summed E-state index contributed by atoms with van der Waals surface area (Å²) in [6.07, 6.45) is 1.68. The van der Waals surface area contributed by atoms with Crippen molar-refractivity contribution in [2.24, 2.45) is 0 Å². The normalized spacial score (nSPS) is 10.8. The molecule has 94 valence electrons. The van der Waals surface area contributed by atoms with E-state index in [2.05, 4.69) is 21.9 Å². The molecule has 5 heteroatoms. The molecule has 1 aromatic carbocycles. The zero-order chi connectivity index (χ0) is 13.4. The molecular weight excluding hydrogens is 238 g/mol. The molecule has 0 aliphatic rings. The van der Waals surface area contributed by atoms with Gasteiger partial charge in [0, 0.05) is 5.56 Å². The lowest BCUT2D eigenvalue weighted by atomic mass is 10.1. The molecule has 0 fully saturated rings. The van der Waals surface area contributed by atoms with Crippen molar-refractivity contribution in [3.05, 3.63) is 48.7 Å². The largest absolute Gasteiger partial charge is 0.383 e. The molecule has 0 amide bonds. The van der Waals surface area contributed by atoms with Crippen LogP contribution in [0, 0.1) is 0 Å². The second-order valence-corrected chi connectivity index (χ2v) is 4.40. The van der Waals surface area contributed by atoms with Gasteiger partial charge in [0.15, 0.2) is 0 Å². The number of aromatic nitrogens is 4. The van der Waals surface area contributed by atoms with Crippen molar-refractivity contribution >= 4 is 22.4 Å². The number of pyridine rings is 1. The minimum absolute atomic E-state index is 0.473. The SMILES string of the molecule is C=C(C)c1cc(-n2nnc3ccccc32)cnc1N. The molecule has 0 saturated heterocycles. The molecule has 2 N–H and O–H groups in total. The molecule has 3 aromatic rings. The van der Waals surface area contributed by atoms with E-state index in [0.29, 0.717) is 5.82 Å². The second-order valence-electron chi connectivity index (χ2n) is 4.40. The van der Waals surface area contributed by atoms with Crippen molar-refractivity contribution in [3.8, 4) is 5.69 Å². The Morgan fingerprint density at radius 2 is 2.11 bits per heavy atom. The van der Waals surface area contributed by atoms with E-state index in [1.165, 1.54) is 0 Å². The highest BCUT2D eigenvalue weighted by molar-refractivity contribution is 5.77. The van der Waals surface area contributed by atoms with Gasteiger partial charge in [0.1, 0.15) is 11.3 Å². The second kappa shape index (κ2) is 4.20. The zero-order valence-electron chi connectivity index (χ0n) is 10.5. The van der Waals surface area contributed by atoms with Crippen molar-refractivity contribution in [2.75, 3.05) is 5.73 Å². The van der Waals surface area contributed by atoms with Gasteiger partial charge in [0.25, 0.3) is 0 Å². The number of rotatable bonds is 2. The van der Waals surface area contributed by atoms with Gasteiger partial charge in [-0.1, -0.05) is 23.9 Å². The number of para-hydroxylation sites is 1. The van der Waals surface area contributed by atoms with E-state index in [1.807, 2.05) is 37.3 Å². The van der Waals surface area contributed by atoms with Gasteiger partial charge in [-0.15, -0.1) is 5.10 Å². The number of benzene rings is 1. The number of hydrogen-bond acceptors (Lipinski definition) is 4. The van der Waals surface area contributed by atoms with Crippen molar-refractivity contribution < 1.29 is 0 Å². The Bertz CT molecular complexity index is 772. The number of hydrogen-bond donors (Lipinski definition) is 1. The third-order valence-corrected chi connectivity index (χ3v) is 2.96. The standard InChI is InChI=1S/C14H13N5/c1-9(2)11-7-10(8-16-14(11)15)19-13-6-4-3-5-12(13)17-18-19/h3-8H,1H2,2H3,(H2,15,16). The lowest BCUT2D eigenvalue weighted by molar-refractivity contribution is 0.820. The van der Waals surface area contributed by atoms with E-state index in [0.717, 1.165) is 27.9 Å². The maximum Gasteiger partial charge on any atom is 0.131 e. The van der Waals surface area contributed by atoms with Gasteiger partial charge in [-0.05, 0) is 30.7 Å². The van der Waals surface area contributed by atoms with Crippen LogP contribution in [0.1, 0.15) is 12.5 Å². The molecule has 0 spiro atoms. The van der Waals surface area contributed by atoms with Crippen LogP contribution in [-0.2, 0) is 0 Å². The Kier molecular flexibility index (Phi) is 2.52. The monoisotopic (exact) mass is 251 g/mol. The summed E-state index contributed by atoms with van der Waals surface area (Å²) in [5.74, 6) is 0.473. The lowest BCUT2D eigenvalue weighted by Crippen LogP contribution is -2.02. The van der Waals surface area contributed by atoms with Crippen LogP contribution in [0.15, 0.2) is 43.1 Å². The third-order valence-electron chi connectivity index (χ3n) is 2.96.